The van der Waals surface area contributed by atoms with Gasteiger partial charge in [0.15, 0.2) is 11.8 Å². The summed E-state index contributed by atoms with van der Waals surface area (Å²) in [5, 5.41) is 13.9. The highest BCUT2D eigenvalue weighted by molar-refractivity contribution is 5.54. The van der Waals surface area contributed by atoms with Crippen LogP contribution in [0.3, 0.4) is 0 Å². The van der Waals surface area contributed by atoms with E-state index >= 15 is 0 Å². The minimum Gasteiger partial charge on any atom is -0.465 e. The standard InChI is InChI=1S/C12H15F3N4O2/c1-6(12(13,14)15)21-8-5-4-7(11(2,3)20)9-17-10(16)18-19(8)9/h4-6,20H,1-3H3,(H2,16,18)/t6-/m0/s1. The molecule has 3 N–H and O–H groups in total. The van der Waals surface area contributed by atoms with Crippen molar-refractivity contribution in [2.24, 2.45) is 0 Å². The van der Waals surface area contributed by atoms with Crippen LogP contribution in [-0.2, 0) is 5.60 Å². The Morgan fingerprint density at radius 3 is 2.48 bits per heavy atom. The van der Waals surface area contributed by atoms with Gasteiger partial charge in [-0.2, -0.15) is 22.7 Å². The van der Waals surface area contributed by atoms with Crippen LogP contribution in [0, 0.1) is 0 Å². The van der Waals surface area contributed by atoms with Gasteiger partial charge in [0.05, 0.1) is 5.60 Å². The maximum atomic E-state index is 12.6. The van der Waals surface area contributed by atoms with Gasteiger partial charge < -0.3 is 15.6 Å². The minimum atomic E-state index is -4.51. The molecular formula is C12H15F3N4O2. The molecule has 2 rings (SSSR count). The summed E-state index contributed by atoms with van der Waals surface area (Å²) < 4.78 is 43.6. The lowest BCUT2D eigenvalue weighted by Crippen LogP contribution is -2.32. The molecule has 0 spiro atoms. The van der Waals surface area contributed by atoms with Crippen molar-refractivity contribution in [1.82, 2.24) is 14.6 Å². The molecule has 1 atom stereocenters. The van der Waals surface area contributed by atoms with Gasteiger partial charge >= 0.3 is 6.18 Å². The maximum absolute atomic E-state index is 12.6. The van der Waals surface area contributed by atoms with Crippen LogP contribution in [0.1, 0.15) is 26.3 Å². The second-order valence-corrected chi connectivity index (χ2v) is 5.15. The Kier molecular flexibility index (Phi) is 3.48. The number of nitrogens with zero attached hydrogens (tertiary/aromatic N) is 3. The first-order chi connectivity index (χ1) is 9.50. The maximum Gasteiger partial charge on any atom is 0.425 e. The van der Waals surface area contributed by atoms with E-state index in [0.29, 0.717) is 5.56 Å². The molecule has 6 nitrogen and oxygen atoms in total. The van der Waals surface area contributed by atoms with E-state index in [1.54, 1.807) is 0 Å². The van der Waals surface area contributed by atoms with Crippen molar-refractivity contribution >= 4 is 11.6 Å². The number of fused-ring (bicyclic) bond motifs is 1. The monoisotopic (exact) mass is 304 g/mol. The highest BCUT2D eigenvalue weighted by Crippen LogP contribution is 2.29. The fraction of sp³-hybridized carbons (Fsp3) is 0.500. The Morgan fingerprint density at radius 1 is 1.33 bits per heavy atom. The molecular weight excluding hydrogens is 289 g/mol. The zero-order valence-corrected chi connectivity index (χ0v) is 11.6. The molecule has 0 saturated carbocycles. The Bertz CT molecular complexity index is 661. The summed E-state index contributed by atoms with van der Waals surface area (Å²) in [4.78, 5) is 3.92. The van der Waals surface area contributed by atoms with Gasteiger partial charge in [0.25, 0.3) is 0 Å². The molecule has 0 aliphatic carbocycles. The van der Waals surface area contributed by atoms with E-state index in [0.717, 1.165) is 11.4 Å². The van der Waals surface area contributed by atoms with E-state index in [1.165, 1.54) is 26.0 Å². The summed E-state index contributed by atoms with van der Waals surface area (Å²) >= 11 is 0. The van der Waals surface area contributed by atoms with Crippen molar-refractivity contribution < 1.29 is 23.0 Å². The van der Waals surface area contributed by atoms with E-state index in [4.69, 9.17) is 10.5 Å². The molecule has 0 fully saturated rings. The second-order valence-electron chi connectivity index (χ2n) is 5.15. The van der Waals surface area contributed by atoms with Crippen molar-refractivity contribution in [2.45, 2.75) is 38.7 Å². The van der Waals surface area contributed by atoms with Crippen LogP contribution in [-0.4, -0.2) is 32.0 Å². The molecule has 0 aromatic carbocycles. The van der Waals surface area contributed by atoms with Crippen LogP contribution in [0.4, 0.5) is 19.1 Å². The first-order valence-electron chi connectivity index (χ1n) is 6.11. The number of halogens is 3. The number of hydrogen-bond donors (Lipinski definition) is 2. The molecule has 9 heteroatoms. The van der Waals surface area contributed by atoms with Gasteiger partial charge in [-0.3, -0.25) is 0 Å². The molecule has 116 valence electrons. The van der Waals surface area contributed by atoms with Crippen LogP contribution < -0.4 is 10.5 Å². The van der Waals surface area contributed by atoms with Gasteiger partial charge in [0.1, 0.15) is 0 Å². The van der Waals surface area contributed by atoms with Crippen LogP contribution in [0.25, 0.3) is 5.65 Å². The number of aliphatic hydroxyl groups is 1. The average Bonchev–Trinajstić information content (AvgIpc) is 2.67. The Balaban J connectivity index is 2.53. The summed E-state index contributed by atoms with van der Waals surface area (Å²) in [6, 6.07) is 2.72. The number of nitrogens with two attached hydrogens (primary N) is 1. The van der Waals surface area contributed by atoms with Crippen LogP contribution >= 0.6 is 0 Å². The molecule has 0 unspecified atom stereocenters. The minimum absolute atomic E-state index is 0.129. The van der Waals surface area contributed by atoms with Gasteiger partial charge in [-0.05, 0) is 26.8 Å². The molecule has 0 aliphatic rings. The van der Waals surface area contributed by atoms with Gasteiger partial charge in [-0.1, -0.05) is 0 Å². The number of nitrogen functional groups attached to an aromatic ring is 1. The average molecular weight is 304 g/mol. The zero-order chi connectivity index (χ0) is 16.0. The van der Waals surface area contributed by atoms with E-state index in [1.807, 2.05) is 0 Å². The molecule has 21 heavy (non-hydrogen) atoms. The third-order valence-corrected chi connectivity index (χ3v) is 2.88. The summed E-state index contributed by atoms with van der Waals surface area (Å²) in [5.74, 6) is -0.289. The fourth-order valence-electron chi connectivity index (χ4n) is 1.77. The molecule has 0 saturated heterocycles. The van der Waals surface area contributed by atoms with E-state index in [-0.39, 0.29) is 17.5 Å². The summed E-state index contributed by atoms with van der Waals surface area (Å²) in [5.41, 5.74) is 4.75. The molecule has 0 radical (unpaired) electrons. The first-order valence-corrected chi connectivity index (χ1v) is 6.11. The van der Waals surface area contributed by atoms with Gasteiger partial charge in [0.2, 0.25) is 11.8 Å². The predicted octanol–water partition coefficient (Wildman–Crippen LogP) is 1.87. The van der Waals surface area contributed by atoms with Gasteiger partial charge in [0, 0.05) is 11.6 Å². The van der Waals surface area contributed by atoms with E-state index < -0.39 is 17.9 Å². The molecule has 0 bridgehead atoms. The number of aromatic nitrogens is 3. The van der Waals surface area contributed by atoms with Crippen LogP contribution in [0.15, 0.2) is 12.1 Å². The molecule has 2 aromatic heterocycles. The number of ether oxygens (including phenoxy) is 1. The highest BCUT2D eigenvalue weighted by Gasteiger charge is 2.38. The van der Waals surface area contributed by atoms with Crippen LogP contribution in [0.5, 0.6) is 5.88 Å². The van der Waals surface area contributed by atoms with Crippen molar-refractivity contribution in [3.05, 3.63) is 17.7 Å². The van der Waals surface area contributed by atoms with Gasteiger partial charge in [-0.25, -0.2) is 0 Å². The summed E-state index contributed by atoms with van der Waals surface area (Å²) in [6.07, 6.45) is -6.52. The van der Waals surface area contributed by atoms with E-state index in [2.05, 4.69) is 10.1 Å². The van der Waals surface area contributed by atoms with Crippen molar-refractivity contribution in [2.75, 3.05) is 5.73 Å². The molecule has 2 heterocycles. The summed E-state index contributed by atoms with van der Waals surface area (Å²) in [6.45, 7) is 3.92. The van der Waals surface area contributed by atoms with Crippen molar-refractivity contribution in [3.63, 3.8) is 0 Å². The lowest BCUT2D eigenvalue weighted by molar-refractivity contribution is -0.190. The van der Waals surface area contributed by atoms with Crippen molar-refractivity contribution in [3.8, 4) is 5.88 Å². The first kappa shape index (κ1) is 15.4. The lowest BCUT2D eigenvalue weighted by Gasteiger charge is -2.21. The Morgan fingerprint density at radius 2 is 1.95 bits per heavy atom. The largest absolute Gasteiger partial charge is 0.465 e. The lowest BCUT2D eigenvalue weighted by atomic mass is 10.00. The molecule has 0 amide bonds. The number of rotatable bonds is 3. The highest BCUT2D eigenvalue weighted by atomic mass is 19.4. The Labute approximate surface area is 118 Å². The third-order valence-electron chi connectivity index (χ3n) is 2.88. The number of anilines is 1. The van der Waals surface area contributed by atoms with Crippen molar-refractivity contribution in [1.29, 1.82) is 0 Å². The topological polar surface area (TPSA) is 85.7 Å². The normalized spacial score (nSPS) is 14.4. The van der Waals surface area contributed by atoms with E-state index in [9.17, 15) is 18.3 Å². The second kappa shape index (κ2) is 4.76. The quantitative estimate of drug-likeness (QED) is 0.904. The predicted molar refractivity (Wildman–Crippen MR) is 68.8 cm³/mol. The van der Waals surface area contributed by atoms with Gasteiger partial charge in [-0.15, -0.1) is 5.10 Å². The number of hydrogen-bond acceptors (Lipinski definition) is 5. The Hall–Kier alpha value is -2.03. The number of pyridine rings is 1. The molecule has 2 aromatic rings. The molecule has 0 aliphatic heterocycles. The SMILES string of the molecule is C[C@H](Oc1ccc(C(C)(C)O)c2nc(N)nn12)C(F)(F)F. The third kappa shape index (κ3) is 3.02. The summed E-state index contributed by atoms with van der Waals surface area (Å²) in [7, 11) is 0. The smallest absolute Gasteiger partial charge is 0.425 e. The zero-order valence-electron chi connectivity index (χ0n) is 11.6. The van der Waals surface area contributed by atoms with Crippen LogP contribution in [0.2, 0.25) is 0 Å². The number of alkyl halides is 3. The fourth-order valence-corrected chi connectivity index (χ4v) is 1.77.